The number of para-hydroxylation sites is 3. The normalized spacial score (nSPS) is 13.8. The van der Waals surface area contributed by atoms with E-state index in [9.17, 15) is 16.8 Å². The summed E-state index contributed by atoms with van der Waals surface area (Å²) in [6.07, 6.45) is 18.1. The molecule has 15 heteroatoms. The van der Waals surface area contributed by atoms with Crippen LogP contribution in [0.5, 0.6) is 11.5 Å². The lowest BCUT2D eigenvalue weighted by molar-refractivity contribution is -0.110. The van der Waals surface area contributed by atoms with Crippen LogP contribution >= 0.6 is 0 Å². The summed E-state index contributed by atoms with van der Waals surface area (Å²) < 4.78 is 70.0. The van der Waals surface area contributed by atoms with Crippen LogP contribution in [0, 0.1) is 6.92 Å². The molecule has 4 aromatic rings. The van der Waals surface area contributed by atoms with Gasteiger partial charge in [0.05, 0.1) is 36.5 Å². The van der Waals surface area contributed by atoms with Gasteiger partial charge in [-0.2, -0.15) is 0 Å². The van der Waals surface area contributed by atoms with Crippen LogP contribution in [0.2, 0.25) is 0 Å². The zero-order valence-corrected chi connectivity index (χ0v) is 48.5. The van der Waals surface area contributed by atoms with Crippen LogP contribution in [-0.2, 0) is 35.7 Å². The van der Waals surface area contributed by atoms with E-state index in [4.69, 9.17) is 19.5 Å². The summed E-state index contributed by atoms with van der Waals surface area (Å²) in [6, 6.07) is 25.8. The monoisotopic (exact) mass is 1070 g/mol. The summed E-state index contributed by atoms with van der Waals surface area (Å²) in [5, 5.41) is 3.04. The predicted molar refractivity (Wildman–Crippen MR) is 311 cm³/mol. The molecule has 5 rings (SSSR count). The van der Waals surface area contributed by atoms with E-state index < -0.39 is 26.0 Å². The number of hydrogen-bond donors (Lipinski definition) is 2. The van der Waals surface area contributed by atoms with Gasteiger partial charge < -0.3 is 19.7 Å². The summed E-state index contributed by atoms with van der Waals surface area (Å²) in [4.78, 5) is 27.1. The Hall–Kier alpha value is -5.25. The number of sulfonamides is 2. The number of benzene rings is 4. The third-order valence-electron chi connectivity index (χ3n) is 14.6. The second-order valence-corrected chi connectivity index (χ2v) is 24.9. The van der Waals surface area contributed by atoms with Crippen molar-refractivity contribution in [3.63, 3.8) is 0 Å². The van der Waals surface area contributed by atoms with Crippen LogP contribution in [-0.4, -0.2) is 84.2 Å². The van der Waals surface area contributed by atoms with Crippen molar-refractivity contribution in [3.8, 4) is 11.5 Å². The number of carbonyl (C=O) groups is 1. The topological polar surface area (TPSA) is 159 Å². The second kappa shape index (κ2) is 28.8. The van der Waals surface area contributed by atoms with Gasteiger partial charge in [0.2, 0.25) is 10.0 Å². The first kappa shape index (κ1) is 60.6. The molecule has 1 aliphatic heterocycles. The van der Waals surface area contributed by atoms with Gasteiger partial charge in [-0.15, -0.1) is 0 Å². The predicted octanol–water partition coefficient (Wildman–Crippen LogP) is 13.7. The minimum Gasteiger partial charge on any atom is -0.493 e. The van der Waals surface area contributed by atoms with Gasteiger partial charge in [-0.3, -0.25) is 4.79 Å². The van der Waals surface area contributed by atoms with Crippen LogP contribution in [0.25, 0.3) is 0 Å². The van der Waals surface area contributed by atoms with E-state index in [2.05, 4.69) is 70.6 Å². The van der Waals surface area contributed by atoms with Crippen molar-refractivity contribution in [2.45, 2.75) is 174 Å². The highest BCUT2D eigenvalue weighted by Gasteiger charge is 2.38. The number of nitrogens with zero attached hydrogens (tertiary/aromatic N) is 4. The molecule has 1 amide bonds. The van der Waals surface area contributed by atoms with E-state index in [1.165, 1.54) is 73.7 Å². The summed E-state index contributed by atoms with van der Waals surface area (Å²) in [5.74, 6) is 0.462. The number of likely N-dealkylation sites (N-methyl/N-ethyl adjacent to an activating group) is 1. The molecular formula is C60H88N6O7S2. The fourth-order valence-electron chi connectivity index (χ4n) is 9.08. The average Bonchev–Trinajstić information content (AvgIpc) is 3.38. The van der Waals surface area contributed by atoms with Crippen LogP contribution < -0.4 is 24.4 Å². The van der Waals surface area contributed by atoms with E-state index in [0.29, 0.717) is 42.4 Å². The molecule has 4 aromatic carbocycles. The SMILES string of the molecule is CCCCCCCCCCCCCCOc1ccccc1NC(=O)C(=Nc1ccc(N(CC)CCNS(C)(=O)=O)cc1C)C1=Nc2ccccc2S(=O)(=O)N1CCCOc1ccc(C(C)(C)CC)cc1C(C)(C)CC. The first-order valence-electron chi connectivity index (χ1n) is 27.7. The highest BCUT2D eigenvalue weighted by Crippen LogP contribution is 2.39. The maximum absolute atomic E-state index is 15.1. The lowest BCUT2D eigenvalue weighted by atomic mass is 9.76. The van der Waals surface area contributed by atoms with Crippen molar-refractivity contribution in [1.82, 2.24) is 9.03 Å². The number of ether oxygens (including phenoxy) is 2. The summed E-state index contributed by atoms with van der Waals surface area (Å²) in [5.41, 5.74) is 4.51. The van der Waals surface area contributed by atoms with Crippen molar-refractivity contribution < 1.29 is 31.1 Å². The van der Waals surface area contributed by atoms with Crippen LogP contribution in [0.1, 0.15) is 168 Å². The number of carbonyl (C=O) groups excluding carboxylic acids is 1. The molecule has 0 unspecified atom stereocenters. The van der Waals surface area contributed by atoms with Gasteiger partial charge in [-0.05, 0) is 104 Å². The summed E-state index contributed by atoms with van der Waals surface area (Å²) >= 11 is 0. The smallest absolute Gasteiger partial charge is 0.278 e. The Morgan fingerprint density at radius 1 is 0.733 bits per heavy atom. The fraction of sp³-hybridized carbons (Fsp3) is 0.550. The number of amides is 1. The van der Waals surface area contributed by atoms with Crippen LogP contribution in [0.3, 0.4) is 0 Å². The Bertz CT molecular complexity index is 2770. The van der Waals surface area contributed by atoms with Gasteiger partial charge in [0.15, 0.2) is 11.5 Å². The fourth-order valence-corrected chi connectivity index (χ4v) is 11.1. The van der Waals surface area contributed by atoms with Crippen molar-refractivity contribution in [2.24, 2.45) is 9.98 Å². The van der Waals surface area contributed by atoms with Crippen molar-refractivity contribution in [2.75, 3.05) is 55.9 Å². The second-order valence-electron chi connectivity index (χ2n) is 21.2. The molecule has 0 spiro atoms. The van der Waals surface area contributed by atoms with Gasteiger partial charge in [0, 0.05) is 43.9 Å². The van der Waals surface area contributed by atoms with Gasteiger partial charge in [-0.1, -0.05) is 155 Å². The number of aryl methyl sites for hydroxylation is 1. The molecule has 0 saturated heterocycles. The minimum absolute atomic E-state index is 0.0198. The first-order chi connectivity index (χ1) is 35.8. The van der Waals surface area contributed by atoms with Crippen LogP contribution in [0.4, 0.5) is 22.7 Å². The number of nitrogens with one attached hydrogen (secondary N) is 2. The highest BCUT2D eigenvalue weighted by atomic mass is 32.2. The van der Waals surface area contributed by atoms with Crippen LogP contribution in [0.15, 0.2) is 99.8 Å². The Labute approximate surface area is 451 Å². The Morgan fingerprint density at radius 3 is 1.99 bits per heavy atom. The molecule has 2 N–H and O–H groups in total. The minimum atomic E-state index is -4.27. The summed E-state index contributed by atoms with van der Waals surface area (Å²) in [7, 11) is -7.64. The molecule has 13 nitrogen and oxygen atoms in total. The molecule has 412 valence electrons. The lowest BCUT2D eigenvalue weighted by Gasteiger charge is -2.31. The molecule has 0 saturated carbocycles. The molecule has 0 aromatic heterocycles. The molecule has 1 heterocycles. The number of aliphatic imine (C=N–C) groups is 2. The molecule has 0 fully saturated rings. The average molecular weight is 1070 g/mol. The number of rotatable bonds is 33. The third kappa shape index (κ3) is 17.6. The Kier molecular flexibility index (Phi) is 23.2. The number of amidine groups is 1. The zero-order chi connectivity index (χ0) is 54.7. The number of anilines is 2. The van der Waals surface area contributed by atoms with E-state index in [0.717, 1.165) is 55.4 Å². The number of unbranched alkanes of at least 4 members (excludes halogenated alkanes) is 11. The van der Waals surface area contributed by atoms with Gasteiger partial charge in [0.1, 0.15) is 16.4 Å². The Morgan fingerprint density at radius 2 is 1.35 bits per heavy atom. The van der Waals surface area contributed by atoms with Gasteiger partial charge in [-0.25, -0.2) is 35.8 Å². The van der Waals surface area contributed by atoms with Gasteiger partial charge in [0.25, 0.3) is 15.9 Å². The lowest BCUT2D eigenvalue weighted by Crippen LogP contribution is -2.47. The molecule has 0 aliphatic carbocycles. The van der Waals surface area contributed by atoms with E-state index in [1.807, 2.05) is 55.1 Å². The van der Waals surface area contributed by atoms with E-state index in [1.54, 1.807) is 30.3 Å². The van der Waals surface area contributed by atoms with Gasteiger partial charge >= 0.3 is 0 Å². The molecular weight excluding hydrogens is 981 g/mol. The quantitative estimate of drug-likeness (QED) is 0.0352. The highest BCUT2D eigenvalue weighted by molar-refractivity contribution is 7.90. The largest absolute Gasteiger partial charge is 0.493 e. The first-order valence-corrected chi connectivity index (χ1v) is 31.0. The van der Waals surface area contributed by atoms with Crippen molar-refractivity contribution in [1.29, 1.82) is 0 Å². The summed E-state index contributed by atoms with van der Waals surface area (Å²) in [6.45, 7) is 21.2. The zero-order valence-electron chi connectivity index (χ0n) is 46.9. The molecule has 0 bridgehead atoms. The molecule has 1 aliphatic rings. The number of fused-ring (bicyclic) bond motifs is 1. The number of hydrogen-bond acceptors (Lipinski definition) is 10. The maximum atomic E-state index is 15.1. The maximum Gasteiger partial charge on any atom is 0.278 e. The molecule has 0 radical (unpaired) electrons. The van der Waals surface area contributed by atoms with Crippen molar-refractivity contribution >= 4 is 60.3 Å². The Balaban J connectivity index is 1.45. The standard InChI is InChI=1S/C60H88N6O7S2/c1-11-15-16-17-18-19-20-21-22-23-24-29-42-73-54-33-27-25-31-51(54)64-58(67)56(62-50-37-36-48(44-46(50)5)65(14-4)41-39-61-74(10,68)69)57-63-52-32-26-28-34-55(52)75(70,71)66(57)40-30-43-72-53-38-35-47(59(6,7)12-2)45-49(53)60(8,9)13-3/h25-28,31-38,44-45,61H,11-24,29-30,39-43H2,1-10H3,(H,64,67). The molecule has 0 atom stereocenters. The third-order valence-corrected chi connectivity index (χ3v) is 17.2. The molecule has 75 heavy (non-hydrogen) atoms. The van der Waals surface area contributed by atoms with E-state index in [-0.39, 0.29) is 59.1 Å². The van der Waals surface area contributed by atoms with Crippen molar-refractivity contribution in [3.05, 3.63) is 102 Å². The van der Waals surface area contributed by atoms with E-state index >= 15 is 4.79 Å².